The lowest BCUT2D eigenvalue weighted by Crippen LogP contribution is -2.34. The minimum atomic E-state index is 0.163. The quantitative estimate of drug-likeness (QED) is 0.636. The van der Waals surface area contributed by atoms with Crippen molar-refractivity contribution in [2.75, 3.05) is 6.54 Å². The molecule has 0 aromatic rings. The van der Waals surface area contributed by atoms with Crippen molar-refractivity contribution in [3.63, 3.8) is 0 Å². The Bertz CT molecular complexity index is 184. The molecule has 0 aromatic carbocycles. The van der Waals surface area contributed by atoms with Crippen LogP contribution in [0.4, 0.5) is 0 Å². The van der Waals surface area contributed by atoms with Gasteiger partial charge < -0.3 is 5.73 Å². The Kier molecular flexibility index (Phi) is 1.60. The van der Waals surface area contributed by atoms with Gasteiger partial charge >= 0.3 is 0 Å². The fraction of sp³-hybridized carbons (Fsp3) is 0.875. The summed E-state index contributed by atoms with van der Waals surface area (Å²) in [6.07, 6.45) is 3.83. The molecule has 1 atom stereocenters. The zero-order valence-corrected chi connectivity index (χ0v) is 6.95. The monoisotopic (exact) mass is 153 g/mol. The normalized spacial score (nSPS) is 30.9. The molecule has 1 saturated carbocycles. The minimum absolute atomic E-state index is 0.163. The first-order chi connectivity index (χ1) is 5.31. The van der Waals surface area contributed by atoms with Gasteiger partial charge in [0.25, 0.3) is 0 Å². The zero-order valence-electron chi connectivity index (χ0n) is 6.95. The van der Waals surface area contributed by atoms with Crippen LogP contribution in [0, 0.1) is 5.92 Å². The fourth-order valence-electron chi connectivity index (χ4n) is 1.57. The highest BCUT2D eigenvalue weighted by molar-refractivity contribution is 5.90. The molecule has 1 heterocycles. The van der Waals surface area contributed by atoms with Gasteiger partial charge in [-0.05, 0) is 25.7 Å². The predicted octanol–water partition coefficient (Wildman–Crippen LogP) is 0.763. The van der Waals surface area contributed by atoms with E-state index in [0.717, 1.165) is 18.9 Å². The van der Waals surface area contributed by atoms with Gasteiger partial charge in [-0.3, -0.25) is 5.01 Å². The molecule has 0 bridgehead atoms. The van der Waals surface area contributed by atoms with Gasteiger partial charge in [-0.15, -0.1) is 0 Å². The van der Waals surface area contributed by atoms with Gasteiger partial charge in [0.1, 0.15) is 0 Å². The first-order valence-electron chi connectivity index (χ1n) is 4.41. The Hall–Kier alpha value is -0.570. The van der Waals surface area contributed by atoms with Gasteiger partial charge in [0.2, 0.25) is 0 Å². The molecule has 1 aliphatic carbocycles. The summed E-state index contributed by atoms with van der Waals surface area (Å²) in [7, 11) is 0. The summed E-state index contributed by atoms with van der Waals surface area (Å²) in [5.74, 6) is 0.789. The van der Waals surface area contributed by atoms with E-state index in [1.54, 1.807) is 0 Å². The van der Waals surface area contributed by atoms with E-state index in [1.807, 2.05) is 5.01 Å². The largest absolute Gasteiger partial charge is 0.310 e. The van der Waals surface area contributed by atoms with Crippen molar-refractivity contribution in [3.8, 4) is 0 Å². The molecule has 3 heteroatoms. The molecule has 0 saturated heterocycles. The summed E-state index contributed by atoms with van der Waals surface area (Å²) in [4.78, 5) is 0. The number of hydrogen-bond acceptors (Lipinski definition) is 3. The third kappa shape index (κ3) is 1.25. The standard InChI is InChI=1S/C8H15N3/c1-2-11-8(9)5-7(10-11)6-3-4-6/h6,8H,2-5,9H2,1H3. The van der Waals surface area contributed by atoms with Crippen LogP contribution in [-0.2, 0) is 0 Å². The lowest BCUT2D eigenvalue weighted by molar-refractivity contribution is 0.248. The molecular formula is C8H15N3. The number of rotatable bonds is 2. The average molecular weight is 153 g/mol. The maximum atomic E-state index is 5.86. The SMILES string of the molecule is CCN1N=C(C2CC2)CC1N. The minimum Gasteiger partial charge on any atom is -0.310 e. The molecule has 1 aliphatic heterocycles. The van der Waals surface area contributed by atoms with E-state index >= 15 is 0 Å². The van der Waals surface area contributed by atoms with Gasteiger partial charge in [0, 0.05) is 18.7 Å². The number of hydrazone groups is 1. The van der Waals surface area contributed by atoms with E-state index in [9.17, 15) is 0 Å². The van der Waals surface area contributed by atoms with E-state index in [2.05, 4.69) is 12.0 Å². The highest BCUT2D eigenvalue weighted by atomic mass is 15.5. The zero-order chi connectivity index (χ0) is 7.84. The molecule has 2 N–H and O–H groups in total. The van der Waals surface area contributed by atoms with Crippen molar-refractivity contribution < 1.29 is 0 Å². The van der Waals surface area contributed by atoms with Crippen LogP contribution in [0.25, 0.3) is 0 Å². The number of nitrogens with two attached hydrogens (primary N) is 1. The average Bonchev–Trinajstić information content (AvgIpc) is 2.76. The van der Waals surface area contributed by atoms with Crippen LogP contribution in [0.5, 0.6) is 0 Å². The van der Waals surface area contributed by atoms with E-state index in [1.165, 1.54) is 18.6 Å². The molecule has 0 spiro atoms. The van der Waals surface area contributed by atoms with Crippen LogP contribution in [-0.4, -0.2) is 23.4 Å². The first kappa shape index (κ1) is 7.10. The van der Waals surface area contributed by atoms with Crippen molar-refractivity contribution in [2.45, 2.75) is 32.4 Å². The van der Waals surface area contributed by atoms with E-state index in [0.29, 0.717) is 0 Å². The lowest BCUT2D eigenvalue weighted by Gasteiger charge is -2.16. The molecule has 0 aromatic heterocycles. The molecular weight excluding hydrogens is 138 g/mol. The maximum Gasteiger partial charge on any atom is 0.0992 e. The molecule has 11 heavy (non-hydrogen) atoms. The first-order valence-corrected chi connectivity index (χ1v) is 4.41. The fourth-order valence-corrected chi connectivity index (χ4v) is 1.57. The Morgan fingerprint density at radius 3 is 2.82 bits per heavy atom. The predicted molar refractivity (Wildman–Crippen MR) is 45.1 cm³/mol. The third-order valence-electron chi connectivity index (χ3n) is 2.43. The summed E-state index contributed by atoms with van der Waals surface area (Å²) in [6, 6.07) is 0. The van der Waals surface area contributed by atoms with Crippen molar-refractivity contribution in [2.24, 2.45) is 16.8 Å². The van der Waals surface area contributed by atoms with Crippen LogP contribution in [0.15, 0.2) is 5.10 Å². The molecule has 1 unspecified atom stereocenters. The summed E-state index contributed by atoms with van der Waals surface area (Å²) in [5.41, 5.74) is 7.20. The molecule has 1 fully saturated rings. The van der Waals surface area contributed by atoms with Crippen LogP contribution in [0.2, 0.25) is 0 Å². The molecule has 2 rings (SSSR count). The topological polar surface area (TPSA) is 41.6 Å². The van der Waals surface area contributed by atoms with Crippen LogP contribution < -0.4 is 5.73 Å². The summed E-state index contributed by atoms with van der Waals surface area (Å²) in [6.45, 7) is 3.04. The van der Waals surface area contributed by atoms with Crippen LogP contribution in [0.1, 0.15) is 26.2 Å². The third-order valence-corrected chi connectivity index (χ3v) is 2.43. The van der Waals surface area contributed by atoms with E-state index in [4.69, 9.17) is 5.73 Å². The second-order valence-corrected chi connectivity index (χ2v) is 3.39. The van der Waals surface area contributed by atoms with Gasteiger partial charge in [0.15, 0.2) is 0 Å². The lowest BCUT2D eigenvalue weighted by atomic mass is 10.2. The van der Waals surface area contributed by atoms with Gasteiger partial charge in [0.05, 0.1) is 6.17 Å². The maximum absolute atomic E-state index is 5.86. The Balaban J connectivity index is 2.02. The molecule has 2 aliphatic rings. The summed E-state index contributed by atoms with van der Waals surface area (Å²) >= 11 is 0. The van der Waals surface area contributed by atoms with Crippen molar-refractivity contribution >= 4 is 5.71 Å². The molecule has 3 nitrogen and oxygen atoms in total. The highest BCUT2D eigenvalue weighted by Crippen LogP contribution is 2.34. The van der Waals surface area contributed by atoms with E-state index < -0.39 is 0 Å². The Labute approximate surface area is 67.2 Å². The van der Waals surface area contributed by atoms with Gasteiger partial charge in [-0.25, -0.2) is 0 Å². The number of hydrogen-bond donors (Lipinski definition) is 1. The molecule has 0 amide bonds. The highest BCUT2D eigenvalue weighted by Gasteiger charge is 2.33. The Morgan fingerprint density at radius 2 is 2.36 bits per heavy atom. The Morgan fingerprint density at radius 1 is 1.64 bits per heavy atom. The summed E-state index contributed by atoms with van der Waals surface area (Å²) in [5, 5.41) is 6.47. The second kappa shape index (κ2) is 2.48. The van der Waals surface area contributed by atoms with Crippen LogP contribution in [0.3, 0.4) is 0 Å². The summed E-state index contributed by atoms with van der Waals surface area (Å²) < 4.78 is 0. The smallest absolute Gasteiger partial charge is 0.0992 e. The molecule has 62 valence electrons. The van der Waals surface area contributed by atoms with Gasteiger partial charge in [-0.1, -0.05) is 0 Å². The van der Waals surface area contributed by atoms with Crippen molar-refractivity contribution in [1.29, 1.82) is 0 Å². The molecule has 0 radical (unpaired) electrons. The number of nitrogens with zero attached hydrogens (tertiary/aromatic N) is 2. The van der Waals surface area contributed by atoms with Crippen LogP contribution >= 0.6 is 0 Å². The van der Waals surface area contributed by atoms with Crippen molar-refractivity contribution in [3.05, 3.63) is 0 Å². The van der Waals surface area contributed by atoms with Crippen molar-refractivity contribution in [1.82, 2.24) is 5.01 Å². The second-order valence-electron chi connectivity index (χ2n) is 3.39. The van der Waals surface area contributed by atoms with E-state index in [-0.39, 0.29) is 6.17 Å². The van der Waals surface area contributed by atoms with Gasteiger partial charge in [-0.2, -0.15) is 5.10 Å².